The highest BCUT2D eigenvalue weighted by Crippen LogP contribution is 2.37. The Morgan fingerprint density at radius 1 is 1.61 bits per heavy atom. The molecule has 1 atom stereocenters. The minimum absolute atomic E-state index is 0.237. The van der Waals surface area contributed by atoms with Gasteiger partial charge in [0.2, 0.25) is 0 Å². The van der Waals surface area contributed by atoms with Crippen LogP contribution in [0.15, 0.2) is 12.3 Å². The van der Waals surface area contributed by atoms with Crippen molar-refractivity contribution in [2.75, 3.05) is 5.73 Å². The quantitative estimate of drug-likeness (QED) is 0.773. The molecule has 3 N–H and O–H groups in total. The second-order valence-electron chi connectivity index (χ2n) is 4.44. The van der Waals surface area contributed by atoms with Gasteiger partial charge in [-0.3, -0.25) is 0 Å². The van der Waals surface area contributed by atoms with E-state index in [9.17, 15) is 9.59 Å². The van der Waals surface area contributed by atoms with E-state index < -0.39 is 18.0 Å². The van der Waals surface area contributed by atoms with E-state index >= 15 is 0 Å². The van der Waals surface area contributed by atoms with Gasteiger partial charge in [-0.15, -0.1) is 0 Å². The van der Waals surface area contributed by atoms with Crippen molar-refractivity contribution in [3.05, 3.63) is 18.0 Å². The Bertz CT molecular complexity index is 476. The molecule has 0 spiro atoms. The van der Waals surface area contributed by atoms with E-state index in [2.05, 4.69) is 0 Å². The summed E-state index contributed by atoms with van der Waals surface area (Å²) in [6.07, 6.45) is 2.83. The standard InChI is InChI=1S/C12H16N2O4/c1-2-10(11(15)16)18-12(17)9-5-7(13)6-14(9)8-3-4-8/h5-6,8,10H,2-4,13H2,1H3,(H,15,16). The summed E-state index contributed by atoms with van der Waals surface area (Å²) in [4.78, 5) is 22.7. The topological polar surface area (TPSA) is 94.5 Å². The number of aromatic nitrogens is 1. The molecule has 1 aliphatic carbocycles. The third kappa shape index (κ3) is 2.47. The summed E-state index contributed by atoms with van der Waals surface area (Å²) in [5.41, 5.74) is 6.47. The molecule has 1 saturated carbocycles. The van der Waals surface area contributed by atoms with Crippen LogP contribution >= 0.6 is 0 Å². The van der Waals surface area contributed by atoms with Crippen LogP contribution in [0.2, 0.25) is 0 Å². The maximum atomic E-state index is 11.9. The number of nitrogens with zero attached hydrogens (tertiary/aromatic N) is 1. The number of nitrogen functional groups attached to an aromatic ring is 1. The number of hydrogen-bond donors (Lipinski definition) is 2. The van der Waals surface area contributed by atoms with Gasteiger partial charge in [-0.05, 0) is 25.3 Å². The number of rotatable bonds is 5. The van der Waals surface area contributed by atoms with Gasteiger partial charge in [-0.1, -0.05) is 6.92 Å². The zero-order valence-corrected chi connectivity index (χ0v) is 10.1. The molecule has 1 heterocycles. The zero-order valence-electron chi connectivity index (χ0n) is 10.1. The summed E-state index contributed by atoms with van der Waals surface area (Å²) in [5.74, 6) is -1.77. The molecule has 1 fully saturated rings. The SMILES string of the molecule is CCC(OC(=O)c1cc(N)cn1C1CC1)C(=O)O. The molecule has 1 unspecified atom stereocenters. The van der Waals surface area contributed by atoms with Crippen molar-refractivity contribution in [3.8, 4) is 0 Å². The third-order valence-electron chi connectivity index (χ3n) is 2.91. The van der Waals surface area contributed by atoms with E-state index in [1.165, 1.54) is 6.07 Å². The summed E-state index contributed by atoms with van der Waals surface area (Å²) in [5, 5.41) is 8.86. The Balaban J connectivity index is 2.15. The van der Waals surface area contributed by atoms with Crippen LogP contribution in [-0.4, -0.2) is 27.7 Å². The molecule has 0 saturated heterocycles. The number of hydrogen-bond acceptors (Lipinski definition) is 4. The molecule has 0 aromatic carbocycles. The van der Waals surface area contributed by atoms with Crippen LogP contribution in [0.3, 0.4) is 0 Å². The van der Waals surface area contributed by atoms with Crippen molar-refractivity contribution in [2.45, 2.75) is 38.3 Å². The number of carbonyl (C=O) groups excluding carboxylic acids is 1. The molecule has 18 heavy (non-hydrogen) atoms. The monoisotopic (exact) mass is 252 g/mol. The highest BCUT2D eigenvalue weighted by atomic mass is 16.6. The van der Waals surface area contributed by atoms with Crippen LogP contribution in [0.1, 0.15) is 42.7 Å². The van der Waals surface area contributed by atoms with E-state index in [1.807, 2.05) is 0 Å². The van der Waals surface area contributed by atoms with Gasteiger partial charge in [0.1, 0.15) is 5.69 Å². The van der Waals surface area contributed by atoms with Gasteiger partial charge in [0.05, 0.1) is 5.69 Å². The summed E-state index contributed by atoms with van der Waals surface area (Å²) in [6, 6.07) is 1.81. The first-order valence-corrected chi connectivity index (χ1v) is 5.94. The van der Waals surface area contributed by atoms with E-state index in [0.29, 0.717) is 11.4 Å². The molecule has 0 radical (unpaired) electrons. The minimum Gasteiger partial charge on any atom is -0.479 e. The lowest BCUT2D eigenvalue weighted by Crippen LogP contribution is -2.27. The Kier molecular flexibility index (Phi) is 3.27. The van der Waals surface area contributed by atoms with Crippen molar-refractivity contribution >= 4 is 17.6 Å². The van der Waals surface area contributed by atoms with Crippen LogP contribution in [0.5, 0.6) is 0 Å². The zero-order chi connectivity index (χ0) is 13.3. The van der Waals surface area contributed by atoms with Crippen LogP contribution < -0.4 is 5.73 Å². The number of anilines is 1. The normalized spacial score (nSPS) is 16.3. The number of esters is 1. The fraction of sp³-hybridized carbons (Fsp3) is 0.500. The van der Waals surface area contributed by atoms with Crippen LogP contribution in [0, 0.1) is 0 Å². The van der Waals surface area contributed by atoms with Crippen molar-refractivity contribution in [3.63, 3.8) is 0 Å². The van der Waals surface area contributed by atoms with Crippen molar-refractivity contribution < 1.29 is 19.4 Å². The molecular formula is C12H16N2O4. The summed E-state index contributed by atoms with van der Waals surface area (Å²) in [7, 11) is 0. The number of ether oxygens (including phenoxy) is 1. The maximum Gasteiger partial charge on any atom is 0.355 e. The minimum atomic E-state index is -1.14. The molecule has 0 aliphatic heterocycles. The first-order valence-electron chi connectivity index (χ1n) is 5.94. The van der Waals surface area contributed by atoms with E-state index in [1.54, 1.807) is 17.7 Å². The first-order chi connectivity index (χ1) is 8.52. The van der Waals surface area contributed by atoms with Crippen molar-refractivity contribution in [1.82, 2.24) is 4.57 Å². The highest BCUT2D eigenvalue weighted by Gasteiger charge is 2.30. The maximum absolute atomic E-state index is 11.9. The lowest BCUT2D eigenvalue weighted by atomic mass is 10.3. The molecule has 6 nitrogen and oxygen atoms in total. The molecule has 98 valence electrons. The van der Waals surface area contributed by atoms with Crippen LogP contribution in [0.4, 0.5) is 5.69 Å². The Hall–Kier alpha value is -1.98. The summed E-state index contributed by atoms with van der Waals surface area (Å²) in [6.45, 7) is 1.65. The second kappa shape index (κ2) is 4.72. The Labute approximate surface area is 104 Å². The number of carbonyl (C=O) groups is 2. The Morgan fingerprint density at radius 3 is 2.78 bits per heavy atom. The van der Waals surface area contributed by atoms with Gasteiger partial charge < -0.3 is 20.1 Å². The number of aliphatic carboxylic acids is 1. The van der Waals surface area contributed by atoms with E-state index in [4.69, 9.17) is 15.6 Å². The highest BCUT2D eigenvalue weighted by molar-refractivity contribution is 5.91. The predicted molar refractivity (Wildman–Crippen MR) is 64.2 cm³/mol. The van der Waals surface area contributed by atoms with E-state index in [0.717, 1.165) is 12.8 Å². The smallest absolute Gasteiger partial charge is 0.355 e. The van der Waals surface area contributed by atoms with Gasteiger partial charge in [0.25, 0.3) is 0 Å². The van der Waals surface area contributed by atoms with E-state index in [-0.39, 0.29) is 12.5 Å². The fourth-order valence-electron chi connectivity index (χ4n) is 1.82. The summed E-state index contributed by atoms with van der Waals surface area (Å²) >= 11 is 0. The van der Waals surface area contributed by atoms with Crippen LogP contribution in [0.25, 0.3) is 0 Å². The first kappa shape index (κ1) is 12.5. The van der Waals surface area contributed by atoms with Crippen LogP contribution in [-0.2, 0) is 9.53 Å². The predicted octanol–water partition coefficient (Wildman–Crippen LogP) is 1.43. The molecule has 6 heteroatoms. The Morgan fingerprint density at radius 2 is 2.28 bits per heavy atom. The second-order valence-corrected chi connectivity index (χ2v) is 4.44. The van der Waals surface area contributed by atoms with Crippen molar-refractivity contribution in [2.24, 2.45) is 0 Å². The van der Waals surface area contributed by atoms with Gasteiger partial charge in [0, 0.05) is 12.2 Å². The summed E-state index contributed by atoms with van der Waals surface area (Å²) < 4.78 is 6.73. The molecule has 2 rings (SSSR count). The lowest BCUT2D eigenvalue weighted by Gasteiger charge is -2.12. The molecule has 0 amide bonds. The molecule has 1 aromatic heterocycles. The number of carboxylic acid groups (broad SMARTS) is 1. The fourth-order valence-corrected chi connectivity index (χ4v) is 1.82. The van der Waals surface area contributed by atoms with Gasteiger partial charge >= 0.3 is 11.9 Å². The van der Waals surface area contributed by atoms with Gasteiger partial charge in [0.15, 0.2) is 6.10 Å². The average molecular weight is 252 g/mol. The molecule has 0 bridgehead atoms. The third-order valence-corrected chi connectivity index (χ3v) is 2.91. The molecule has 1 aliphatic rings. The molecule has 1 aromatic rings. The largest absolute Gasteiger partial charge is 0.479 e. The number of carboxylic acids is 1. The molecular weight excluding hydrogens is 236 g/mol. The average Bonchev–Trinajstić information content (AvgIpc) is 3.08. The van der Waals surface area contributed by atoms with Gasteiger partial charge in [-0.25, -0.2) is 9.59 Å². The van der Waals surface area contributed by atoms with Crippen molar-refractivity contribution in [1.29, 1.82) is 0 Å². The van der Waals surface area contributed by atoms with Gasteiger partial charge in [-0.2, -0.15) is 0 Å². The number of nitrogens with two attached hydrogens (primary N) is 1. The lowest BCUT2D eigenvalue weighted by molar-refractivity contribution is -0.147.